The second kappa shape index (κ2) is 11.4. The van der Waals surface area contributed by atoms with E-state index in [1.807, 2.05) is 42.5 Å². The molecule has 4 nitrogen and oxygen atoms in total. The summed E-state index contributed by atoms with van der Waals surface area (Å²) in [6.07, 6.45) is 3.71. The van der Waals surface area contributed by atoms with Crippen LogP contribution in [0.5, 0.6) is 0 Å². The number of benzene rings is 2. The summed E-state index contributed by atoms with van der Waals surface area (Å²) in [5.41, 5.74) is 8.40. The van der Waals surface area contributed by atoms with Gasteiger partial charge in [0, 0.05) is 30.8 Å². The van der Waals surface area contributed by atoms with Gasteiger partial charge in [-0.15, -0.1) is 0 Å². The number of anilines is 1. The van der Waals surface area contributed by atoms with E-state index in [4.69, 9.17) is 10.5 Å². The van der Waals surface area contributed by atoms with E-state index < -0.39 is 0 Å². The molecule has 0 bridgehead atoms. The van der Waals surface area contributed by atoms with Crippen molar-refractivity contribution in [2.45, 2.75) is 32.3 Å². The fourth-order valence-corrected chi connectivity index (χ4v) is 2.55. The first-order chi connectivity index (χ1) is 12.3. The van der Waals surface area contributed by atoms with Crippen LogP contribution in [0, 0.1) is 0 Å². The van der Waals surface area contributed by atoms with Gasteiger partial charge in [0.25, 0.3) is 0 Å². The molecule has 0 aromatic heterocycles. The Labute approximate surface area is 150 Å². The molecule has 2 rings (SSSR count). The van der Waals surface area contributed by atoms with E-state index in [0.29, 0.717) is 19.6 Å². The molecule has 2 aromatic carbocycles. The Hall–Kier alpha value is -2.17. The van der Waals surface area contributed by atoms with Gasteiger partial charge in [0.15, 0.2) is 5.78 Å². The molecule has 0 saturated heterocycles. The molecular weight excluding hydrogens is 312 g/mol. The highest BCUT2D eigenvalue weighted by Crippen LogP contribution is 2.11. The predicted octanol–water partition coefficient (Wildman–Crippen LogP) is 4.02. The van der Waals surface area contributed by atoms with Crippen LogP contribution in [0.2, 0.25) is 0 Å². The maximum Gasteiger partial charge on any atom is 0.164 e. The number of ether oxygens (including phenoxy) is 1. The van der Waals surface area contributed by atoms with E-state index in [1.54, 1.807) is 0 Å². The van der Waals surface area contributed by atoms with Crippen molar-refractivity contribution in [2.75, 3.05) is 25.0 Å². The summed E-state index contributed by atoms with van der Waals surface area (Å²) in [6, 6.07) is 17.9. The Bertz CT molecular complexity index is 612. The van der Waals surface area contributed by atoms with Gasteiger partial charge in [-0.2, -0.15) is 0 Å². The number of carbonyl (C=O) groups is 1. The second-order valence-corrected chi connectivity index (χ2v) is 6.06. The highest BCUT2D eigenvalue weighted by atomic mass is 16.5. The molecule has 0 aliphatic carbocycles. The van der Waals surface area contributed by atoms with Crippen molar-refractivity contribution in [1.82, 2.24) is 0 Å². The monoisotopic (exact) mass is 340 g/mol. The quantitative estimate of drug-likeness (QED) is 0.452. The fourth-order valence-electron chi connectivity index (χ4n) is 2.55. The smallest absolute Gasteiger partial charge is 0.164 e. The molecule has 0 atom stereocenters. The first kappa shape index (κ1) is 19.2. The van der Waals surface area contributed by atoms with E-state index in [1.165, 1.54) is 5.56 Å². The molecule has 0 fully saturated rings. The summed E-state index contributed by atoms with van der Waals surface area (Å²) >= 11 is 0. The SMILES string of the molecule is NCCC(=O)c1ccc(NCCCCCOCc2ccccc2)cc1. The maximum absolute atomic E-state index is 11.7. The van der Waals surface area contributed by atoms with Gasteiger partial charge in [0.2, 0.25) is 0 Å². The van der Waals surface area contributed by atoms with Gasteiger partial charge in [-0.25, -0.2) is 0 Å². The van der Waals surface area contributed by atoms with Gasteiger partial charge in [-0.05, 0) is 55.6 Å². The Morgan fingerprint density at radius 3 is 2.44 bits per heavy atom. The van der Waals surface area contributed by atoms with Crippen molar-refractivity contribution in [3.63, 3.8) is 0 Å². The molecule has 0 aliphatic heterocycles. The van der Waals surface area contributed by atoms with Crippen LogP contribution >= 0.6 is 0 Å². The lowest BCUT2D eigenvalue weighted by Crippen LogP contribution is -2.08. The minimum absolute atomic E-state index is 0.101. The van der Waals surface area contributed by atoms with Crippen LogP contribution in [0.15, 0.2) is 54.6 Å². The van der Waals surface area contributed by atoms with Crippen LogP contribution in [-0.4, -0.2) is 25.5 Å². The molecule has 0 spiro atoms. The molecule has 134 valence electrons. The van der Waals surface area contributed by atoms with Crippen LogP contribution in [0.1, 0.15) is 41.6 Å². The van der Waals surface area contributed by atoms with Gasteiger partial charge >= 0.3 is 0 Å². The van der Waals surface area contributed by atoms with Gasteiger partial charge in [0.05, 0.1) is 6.61 Å². The number of nitrogens with one attached hydrogen (secondary N) is 1. The lowest BCUT2D eigenvalue weighted by molar-refractivity contribution is 0.0985. The van der Waals surface area contributed by atoms with E-state index >= 15 is 0 Å². The molecule has 0 amide bonds. The van der Waals surface area contributed by atoms with E-state index in [2.05, 4.69) is 17.4 Å². The summed E-state index contributed by atoms with van der Waals surface area (Å²) in [7, 11) is 0. The number of rotatable bonds is 12. The third-order valence-corrected chi connectivity index (χ3v) is 3.98. The molecule has 0 heterocycles. The number of ketones is 1. The van der Waals surface area contributed by atoms with Crippen LogP contribution in [-0.2, 0) is 11.3 Å². The number of nitrogens with two attached hydrogens (primary N) is 1. The molecule has 2 aromatic rings. The molecular formula is C21H28N2O2. The standard InChI is InChI=1S/C21H28N2O2/c22-14-13-21(24)19-9-11-20(12-10-19)23-15-5-2-6-16-25-17-18-7-3-1-4-8-18/h1,3-4,7-12,23H,2,5-6,13-17,22H2. The minimum Gasteiger partial charge on any atom is -0.385 e. The fraction of sp³-hybridized carbons (Fsp3) is 0.381. The highest BCUT2D eigenvalue weighted by molar-refractivity contribution is 5.96. The van der Waals surface area contributed by atoms with Gasteiger partial charge in [0.1, 0.15) is 0 Å². The maximum atomic E-state index is 11.7. The molecule has 25 heavy (non-hydrogen) atoms. The van der Waals surface area contributed by atoms with E-state index in [-0.39, 0.29) is 5.78 Å². The lowest BCUT2D eigenvalue weighted by Gasteiger charge is -2.08. The molecule has 3 N–H and O–H groups in total. The van der Waals surface area contributed by atoms with Crippen molar-refractivity contribution in [2.24, 2.45) is 5.73 Å². The third kappa shape index (κ3) is 7.50. The van der Waals surface area contributed by atoms with Crippen molar-refractivity contribution in [3.05, 3.63) is 65.7 Å². The van der Waals surface area contributed by atoms with Crippen LogP contribution < -0.4 is 11.1 Å². The number of unbranched alkanes of at least 4 members (excludes halogenated alkanes) is 2. The van der Waals surface area contributed by atoms with E-state index in [9.17, 15) is 4.79 Å². The predicted molar refractivity (Wildman–Crippen MR) is 103 cm³/mol. The lowest BCUT2D eigenvalue weighted by atomic mass is 10.1. The average Bonchev–Trinajstić information content (AvgIpc) is 2.65. The van der Waals surface area contributed by atoms with Crippen molar-refractivity contribution < 1.29 is 9.53 Å². The number of hydrogen-bond acceptors (Lipinski definition) is 4. The largest absolute Gasteiger partial charge is 0.385 e. The first-order valence-electron chi connectivity index (χ1n) is 8.98. The van der Waals surface area contributed by atoms with Gasteiger partial charge in [-0.3, -0.25) is 4.79 Å². The summed E-state index contributed by atoms with van der Waals surface area (Å²) in [5, 5.41) is 3.38. The molecule has 4 heteroatoms. The normalized spacial score (nSPS) is 10.6. The number of carbonyl (C=O) groups excluding carboxylic acids is 1. The molecule has 0 unspecified atom stereocenters. The Morgan fingerprint density at radius 1 is 0.960 bits per heavy atom. The number of hydrogen-bond donors (Lipinski definition) is 2. The van der Waals surface area contributed by atoms with E-state index in [0.717, 1.165) is 43.7 Å². The molecule has 0 aliphatic rings. The second-order valence-electron chi connectivity index (χ2n) is 6.06. The molecule has 0 saturated carbocycles. The summed E-state index contributed by atoms with van der Waals surface area (Å²) in [4.78, 5) is 11.7. The van der Waals surface area contributed by atoms with Gasteiger partial charge < -0.3 is 15.8 Å². The van der Waals surface area contributed by atoms with Crippen molar-refractivity contribution in [1.29, 1.82) is 0 Å². The zero-order valence-corrected chi connectivity index (χ0v) is 14.7. The third-order valence-electron chi connectivity index (χ3n) is 3.98. The summed E-state index contributed by atoms with van der Waals surface area (Å²) in [5.74, 6) is 0.101. The van der Waals surface area contributed by atoms with Crippen LogP contribution in [0.25, 0.3) is 0 Å². The van der Waals surface area contributed by atoms with Gasteiger partial charge in [-0.1, -0.05) is 30.3 Å². The van der Waals surface area contributed by atoms with Crippen molar-refractivity contribution in [3.8, 4) is 0 Å². The topological polar surface area (TPSA) is 64.4 Å². The highest BCUT2D eigenvalue weighted by Gasteiger charge is 2.03. The zero-order chi connectivity index (χ0) is 17.7. The van der Waals surface area contributed by atoms with Crippen LogP contribution in [0.3, 0.4) is 0 Å². The summed E-state index contributed by atoms with van der Waals surface area (Å²) in [6.45, 7) is 2.81. The zero-order valence-electron chi connectivity index (χ0n) is 14.7. The van der Waals surface area contributed by atoms with Crippen LogP contribution in [0.4, 0.5) is 5.69 Å². The van der Waals surface area contributed by atoms with Crippen molar-refractivity contribution >= 4 is 11.5 Å². The Kier molecular flexibility index (Phi) is 8.73. The summed E-state index contributed by atoms with van der Waals surface area (Å²) < 4.78 is 5.68. The first-order valence-corrected chi connectivity index (χ1v) is 8.98. The number of Topliss-reactive ketones (excluding diaryl/α,β-unsaturated/α-hetero) is 1. The minimum atomic E-state index is 0.101. The Balaban J connectivity index is 1.52. The molecule has 0 radical (unpaired) electrons. The average molecular weight is 340 g/mol. The Morgan fingerprint density at radius 2 is 1.72 bits per heavy atom.